The zero-order valence-electron chi connectivity index (χ0n) is 12.6. The Morgan fingerprint density at radius 3 is 2.76 bits per heavy atom. The van der Waals surface area contributed by atoms with Gasteiger partial charge in [-0.1, -0.05) is 0 Å². The third-order valence-corrected chi connectivity index (χ3v) is 3.04. The van der Waals surface area contributed by atoms with Gasteiger partial charge in [-0.3, -0.25) is 0 Å². The summed E-state index contributed by atoms with van der Waals surface area (Å²) in [6, 6.07) is 5.60. The molecule has 0 saturated heterocycles. The first kappa shape index (κ1) is 15.2. The van der Waals surface area contributed by atoms with Gasteiger partial charge in [0.25, 0.3) is 0 Å². The van der Waals surface area contributed by atoms with Crippen molar-refractivity contribution in [3.05, 3.63) is 18.2 Å². The first-order valence-corrected chi connectivity index (χ1v) is 7.05. The largest absolute Gasteiger partial charge is 0.492 e. The molecule has 7 heteroatoms. The maximum Gasteiger partial charge on any atom is 0.182 e. The predicted octanol–water partition coefficient (Wildman–Crippen LogP) is 1.92. The van der Waals surface area contributed by atoms with E-state index in [2.05, 4.69) is 15.5 Å². The van der Waals surface area contributed by atoms with Gasteiger partial charge in [0.1, 0.15) is 5.75 Å². The molecular formula is C14H21N5O2. The molecule has 0 aliphatic carbocycles. The minimum Gasteiger partial charge on any atom is -0.492 e. The molecule has 0 aliphatic rings. The average Bonchev–Trinajstić information content (AvgIpc) is 2.96. The van der Waals surface area contributed by atoms with Crippen molar-refractivity contribution < 1.29 is 9.47 Å². The smallest absolute Gasteiger partial charge is 0.182 e. The first-order chi connectivity index (χ1) is 10.2. The lowest BCUT2D eigenvalue weighted by molar-refractivity contribution is 0.115. The summed E-state index contributed by atoms with van der Waals surface area (Å²) in [6.45, 7) is 7.68. The van der Waals surface area contributed by atoms with E-state index in [0.29, 0.717) is 37.1 Å². The summed E-state index contributed by atoms with van der Waals surface area (Å²) in [4.78, 5) is 0. The van der Waals surface area contributed by atoms with Crippen LogP contribution in [0.5, 0.6) is 5.75 Å². The quantitative estimate of drug-likeness (QED) is 0.784. The fourth-order valence-corrected chi connectivity index (χ4v) is 2.01. The van der Waals surface area contributed by atoms with Crippen molar-refractivity contribution in [2.24, 2.45) is 0 Å². The van der Waals surface area contributed by atoms with E-state index in [0.717, 1.165) is 5.56 Å². The Morgan fingerprint density at radius 2 is 2.10 bits per heavy atom. The molecule has 2 aromatic rings. The molecule has 1 heterocycles. The fraction of sp³-hybridized carbons (Fsp3) is 0.500. The topological polar surface area (TPSA) is 88.1 Å². The van der Waals surface area contributed by atoms with E-state index in [-0.39, 0.29) is 6.04 Å². The van der Waals surface area contributed by atoms with Crippen LogP contribution in [0.15, 0.2) is 18.2 Å². The zero-order valence-corrected chi connectivity index (χ0v) is 12.6. The molecule has 1 unspecified atom stereocenters. The molecule has 1 aromatic heterocycles. The number of ether oxygens (including phenoxy) is 2. The number of nitrogens with two attached hydrogens (primary N) is 1. The number of hydrogen-bond donors (Lipinski definition) is 1. The van der Waals surface area contributed by atoms with E-state index in [1.807, 2.05) is 39.0 Å². The van der Waals surface area contributed by atoms with Crippen LogP contribution in [-0.4, -0.2) is 40.0 Å². The Morgan fingerprint density at radius 1 is 1.29 bits per heavy atom. The van der Waals surface area contributed by atoms with Gasteiger partial charge in [0.15, 0.2) is 5.82 Å². The molecule has 1 aromatic carbocycles. The van der Waals surface area contributed by atoms with Gasteiger partial charge in [-0.25, -0.2) is 4.68 Å². The van der Waals surface area contributed by atoms with Crippen molar-refractivity contribution in [1.82, 2.24) is 20.2 Å². The van der Waals surface area contributed by atoms with Crippen LogP contribution in [0.2, 0.25) is 0 Å². The van der Waals surface area contributed by atoms with Crippen LogP contribution in [0.25, 0.3) is 11.4 Å². The number of rotatable bonds is 7. The van der Waals surface area contributed by atoms with Crippen molar-refractivity contribution in [3.8, 4) is 17.1 Å². The van der Waals surface area contributed by atoms with Crippen LogP contribution in [0, 0.1) is 0 Å². The minimum absolute atomic E-state index is 0.0442. The van der Waals surface area contributed by atoms with Crippen LogP contribution >= 0.6 is 0 Å². The Hall–Kier alpha value is -2.15. The van der Waals surface area contributed by atoms with Gasteiger partial charge in [-0.2, -0.15) is 0 Å². The molecule has 1 atom stereocenters. The molecule has 0 amide bonds. The molecule has 7 nitrogen and oxygen atoms in total. The molecule has 0 aliphatic heterocycles. The number of anilines is 1. The highest BCUT2D eigenvalue weighted by Crippen LogP contribution is 2.28. The number of aromatic nitrogens is 4. The summed E-state index contributed by atoms with van der Waals surface area (Å²) in [6.07, 6.45) is 0. The molecule has 0 spiro atoms. The number of nitrogens with zero attached hydrogens (tertiary/aromatic N) is 4. The second-order valence-electron chi connectivity index (χ2n) is 4.64. The molecular weight excluding hydrogens is 270 g/mol. The second-order valence-corrected chi connectivity index (χ2v) is 4.64. The predicted molar refractivity (Wildman–Crippen MR) is 80.0 cm³/mol. The fourth-order valence-electron chi connectivity index (χ4n) is 2.01. The van der Waals surface area contributed by atoms with Gasteiger partial charge >= 0.3 is 0 Å². The minimum atomic E-state index is 0.0442. The van der Waals surface area contributed by atoms with Crippen molar-refractivity contribution in [2.75, 3.05) is 25.6 Å². The number of hydrogen-bond acceptors (Lipinski definition) is 6. The van der Waals surface area contributed by atoms with Crippen molar-refractivity contribution in [2.45, 2.75) is 26.8 Å². The molecule has 2 rings (SSSR count). The molecule has 0 radical (unpaired) electrons. The van der Waals surface area contributed by atoms with Crippen LogP contribution in [0.4, 0.5) is 5.69 Å². The standard InChI is InChI=1S/C14H21N5O2/c1-4-20-9-10(3)19-14(16-17-18-19)11-6-7-13(21-5-2)12(15)8-11/h6-8,10H,4-5,9,15H2,1-3H3. The molecule has 0 fully saturated rings. The summed E-state index contributed by atoms with van der Waals surface area (Å²) in [5, 5.41) is 11.9. The highest BCUT2D eigenvalue weighted by molar-refractivity contribution is 5.66. The second kappa shape index (κ2) is 7.03. The van der Waals surface area contributed by atoms with E-state index in [4.69, 9.17) is 15.2 Å². The SMILES string of the molecule is CCOCC(C)n1nnnc1-c1ccc(OCC)c(N)c1. The lowest BCUT2D eigenvalue weighted by Crippen LogP contribution is -2.15. The van der Waals surface area contributed by atoms with Gasteiger partial charge in [-0.15, -0.1) is 5.10 Å². The number of nitrogen functional groups attached to an aromatic ring is 1. The summed E-state index contributed by atoms with van der Waals surface area (Å²) >= 11 is 0. The molecule has 2 N–H and O–H groups in total. The van der Waals surface area contributed by atoms with Gasteiger partial charge in [0, 0.05) is 12.2 Å². The summed E-state index contributed by atoms with van der Waals surface area (Å²) in [7, 11) is 0. The molecule has 114 valence electrons. The van der Waals surface area contributed by atoms with E-state index in [1.54, 1.807) is 4.68 Å². The Kier molecular flexibility index (Phi) is 5.10. The van der Waals surface area contributed by atoms with Crippen LogP contribution in [0.3, 0.4) is 0 Å². The molecule has 21 heavy (non-hydrogen) atoms. The van der Waals surface area contributed by atoms with E-state index in [1.165, 1.54) is 0 Å². The van der Waals surface area contributed by atoms with Crippen molar-refractivity contribution in [3.63, 3.8) is 0 Å². The maximum atomic E-state index is 5.99. The summed E-state index contributed by atoms with van der Waals surface area (Å²) in [5.74, 6) is 1.33. The number of benzene rings is 1. The lowest BCUT2D eigenvalue weighted by atomic mass is 10.1. The zero-order chi connectivity index (χ0) is 15.2. The van der Waals surface area contributed by atoms with Crippen LogP contribution in [-0.2, 0) is 4.74 Å². The molecule has 0 bridgehead atoms. The first-order valence-electron chi connectivity index (χ1n) is 7.05. The monoisotopic (exact) mass is 291 g/mol. The van der Waals surface area contributed by atoms with Crippen molar-refractivity contribution in [1.29, 1.82) is 0 Å². The summed E-state index contributed by atoms with van der Waals surface area (Å²) in [5.41, 5.74) is 7.41. The molecule has 0 saturated carbocycles. The van der Waals surface area contributed by atoms with Gasteiger partial charge in [0.2, 0.25) is 0 Å². The van der Waals surface area contributed by atoms with E-state index in [9.17, 15) is 0 Å². The maximum absolute atomic E-state index is 5.99. The highest BCUT2D eigenvalue weighted by Gasteiger charge is 2.15. The van der Waals surface area contributed by atoms with E-state index < -0.39 is 0 Å². The normalized spacial score (nSPS) is 12.3. The summed E-state index contributed by atoms with van der Waals surface area (Å²) < 4.78 is 12.6. The van der Waals surface area contributed by atoms with Crippen molar-refractivity contribution >= 4 is 5.69 Å². The van der Waals surface area contributed by atoms with E-state index >= 15 is 0 Å². The Bertz CT molecular complexity index is 584. The number of tetrazole rings is 1. The lowest BCUT2D eigenvalue weighted by Gasteiger charge is -2.14. The van der Waals surface area contributed by atoms with Gasteiger partial charge in [-0.05, 0) is 49.4 Å². The third kappa shape index (κ3) is 3.49. The Labute approximate surface area is 124 Å². The van der Waals surface area contributed by atoms with Gasteiger partial charge < -0.3 is 15.2 Å². The highest BCUT2D eigenvalue weighted by atomic mass is 16.5. The van der Waals surface area contributed by atoms with Crippen LogP contribution < -0.4 is 10.5 Å². The van der Waals surface area contributed by atoms with Crippen LogP contribution in [0.1, 0.15) is 26.8 Å². The van der Waals surface area contributed by atoms with Gasteiger partial charge in [0.05, 0.1) is 24.9 Å². The Balaban J connectivity index is 2.26. The third-order valence-electron chi connectivity index (χ3n) is 3.04. The average molecular weight is 291 g/mol.